The van der Waals surface area contributed by atoms with Gasteiger partial charge in [0.25, 0.3) is 0 Å². The number of unbranched alkanes of at least 4 members (excludes halogenated alkanes) is 44. The van der Waals surface area contributed by atoms with E-state index in [0.29, 0.717) is 19.3 Å². The summed E-state index contributed by atoms with van der Waals surface area (Å²) < 4.78 is 16.9. The standard InChI is InChI=1S/C71H130O6/c1-4-7-10-13-16-19-22-25-27-29-30-31-32-33-34-35-36-37-38-39-40-41-42-44-46-49-52-55-58-61-64-70(73)76-67-68(66-75-69(72)63-60-57-54-51-48-45-24-21-18-15-12-9-6-3)77-71(74)65-62-59-56-53-50-47-43-28-26-23-20-17-14-11-8-5-2/h9,12,18,21,28,43,45,48,68H,4-8,10-11,13-17,19-20,22-27,29-42,44,46-47,49-67H2,1-3H3/b12-9-,21-18-,43-28-,48-45-. The predicted octanol–water partition coefficient (Wildman–Crippen LogP) is 23.3. The van der Waals surface area contributed by atoms with Crippen LogP contribution in [0, 0.1) is 0 Å². The normalized spacial score (nSPS) is 12.3. The first-order valence-corrected chi connectivity index (χ1v) is 34.1. The summed E-state index contributed by atoms with van der Waals surface area (Å²) >= 11 is 0. The fourth-order valence-corrected chi connectivity index (χ4v) is 10.2. The van der Waals surface area contributed by atoms with Gasteiger partial charge >= 0.3 is 17.9 Å². The lowest BCUT2D eigenvalue weighted by molar-refractivity contribution is -0.167. The molecule has 0 aliphatic rings. The van der Waals surface area contributed by atoms with E-state index >= 15 is 0 Å². The molecule has 0 fully saturated rings. The highest BCUT2D eigenvalue weighted by Crippen LogP contribution is 2.18. The fraction of sp³-hybridized carbons (Fsp3) is 0.845. The summed E-state index contributed by atoms with van der Waals surface area (Å²) in [6.45, 7) is 6.55. The zero-order chi connectivity index (χ0) is 55.7. The van der Waals surface area contributed by atoms with Crippen LogP contribution in [-0.2, 0) is 28.6 Å². The van der Waals surface area contributed by atoms with Crippen molar-refractivity contribution >= 4 is 17.9 Å². The van der Waals surface area contributed by atoms with Crippen molar-refractivity contribution in [2.24, 2.45) is 0 Å². The Morgan fingerprint density at radius 2 is 0.506 bits per heavy atom. The van der Waals surface area contributed by atoms with Gasteiger partial charge < -0.3 is 14.2 Å². The first kappa shape index (κ1) is 74.4. The van der Waals surface area contributed by atoms with Crippen molar-refractivity contribution in [1.29, 1.82) is 0 Å². The van der Waals surface area contributed by atoms with Gasteiger partial charge in [0, 0.05) is 19.3 Å². The Balaban J connectivity index is 4.16. The first-order valence-electron chi connectivity index (χ1n) is 34.1. The molecule has 450 valence electrons. The van der Waals surface area contributed by atoms with Crippen LogP contribution < -0.4 is 0 Å². The van der Waals surface area contributed by atoms with Gasteiger partial charge in [-0.2, -0.15) is 0 Å². The smallest absolute Gasteiger partial charge is 0.306 e. The Kier molecular flexibility index (Phi) is 63.6. The summed E-state index contributed by atoms with van der Waals surface area (Å²) in [5.74, 6) is -0.901. The highest BCUT2D eigenvalue weighted by Gasteiger charge is 2.19. The van der Waals surface area contributed by atoms with Crippen LogP contribution in [0.4, 0.5) is 0 Å². The summed E-state index contributed by atoms with van der Waals surface area (Å²) in [6, 6.07) is 0. The summed E-state index contributed by atoms with van der Waals surface area (Å²) in [7, 11) is 0. The summed E-state index contributed by atoms with van der Waals surface area (Å²) in [5, 5.41) is 0. The van der Waals surface area contributed by atoms with Crippen LogP contribution in [-0.4, -0.2) is 37.2 Å². The molecule has 6 heteroatoms. The maximum Gasteiger partial charge on any atom is 0.306 e. The summed E-state index contributed by atoms with van der Waals surface area (Å²) in [5.41, 5.74) is 0. The third kappa shape index (κ3) is 64.1. The number of esters is 3. The van der Waals surface area contributed by atoms with Gasteiger partial charge in [0.1, 0.15) is 13.2 Å². The lowest BCUT2D eigenvalue weighted by Gasteiger charge is -2.18. The van der Waals surface area contributed by atoms with Crippen LogP contribution >= 0.6 is 0 Å². The molecular weight excluding hydrogens is 949 g/mol. The Labute approximate surface area is 479 Å². The van der Waals surface area contributed by atoms with Gasteiger partial charge in [-0.15, -0.1) is 0 Å². The molecule has 0 heterocycles. The molecule has 0 aliphatic carbocycles. The number of allylic oxidation sites excluding steroid dienone is 8. The minimum atomic E-state index is -0.788. The zero-order valence-corrected chi connectivity index (χ0v) is 51.7. The van der Waals surface area contributed by atoms with Crippen LogP contribution in [0.15, 0.2) is 48.6 Å². The second-order valence-electron chi connectivity index (χ2n) is 23.1. The quantitative estimate of drug-likeness (QED) is 0.0261. The Morgan fingerprint density at radius 3 is 0.818 bits per heavy atom. The highest BCUT2D eigenvalue weighted by molar-refractivity contribution is 5.71. The second-order valence-corrected chi connectivity index (χ2v) is 23.1. The molecule has 0 aromatic carbocycles. The lowest BCUT2D eigenvalue weighted by atomic mass is 10.0. The van der Waals surface area contributed by atoms with Gasteiger partial charge in [-0.25, -0.2) is 0 Å². The second kappa shape index (κ2) is 65.9. The molecule has 0 aromatic heterocycles. The van der Waals surface area contributed by atoms with Crippen molar-refractivity contribution < 1.29 is 28.6 Å². The molecule has 0 radical (unpaired) electrons. The molecule has 0 rings (SSSR count). The summed E-state index contributed by atoms with van der Waals surface area (Å²) in [4.78, 5) is 38.3. The van der Waals surface area contributed by atoms with E-state index < -0.39 is 6.10 Å². The van der Waals surface area contributed by atoms with Crippen molar-refractivity contribution in [3.8, 4) is 0 Å². The van der Waals surface area contributed by atoms with E-state index in [9.17, 15) is 14.4 Å². The molecule has 0 spiro atoms. The van der Waals surface area contributed by atoms with Gasteiger partial charge in [-0.1, -0.05) is 320 Å². The maximum absolute atomic E-state index is 12.9. The molecular formula is C71H130O6. The maximum atomic E-state index is 12.9. The van der Waals surface area contributed by atoms with Crippen LogP contribution in [0.5, 0.6) is 0 Å². The van der Waals surface area contributed by atoms with E-state index in [1.807, 2.05) is 0 Å². The fourth-order valence-electron chi connectivity index (χ4n) is 10.2. The lowest BCUT2D eigenvalue weighted by Crippen LogP contribution is -2.30. The Hall–Kier alpha value is -2.63. The van der Waals surface area contributed by atoms with Crippen molar-refractivity contribution in [3.05, 3.63) is 48.6 Å². The number of carbonyl (C=O) groups is 3. The minimum absolute atomic E-state index is 0.0825. The molecule has 77 heavy (non-hydrogen) atoms. The molecule has 0 aromatic rings. The molecule has 0 bridgehead atoms. The van der Waals surface area contributed by atoms with Gasteiger partial charge in [0.15, 0.2) is 6.10 Å². The van der Waals surface area contributed by atoms with Crippen molar-refractivity contribution in [2.45, 2.75) is 374 Å². The Morgan fingerprint density at radius 1 is 0.273 bits per heavy atom. The van der Waals surface area contributed by atoms with Crippen molar-refractivity contribution in [1.82, 2.24) is 0 Å². The molecule has 1 unspecified atom stereocenters. The van der Waals surface area contributed by atoms with E-state index in [0.717, 1.165) is 96.3 Å². The van der Waals surface area contributed by atoms with Gasteiger partial charge in [0.2, 0.25) is 0 Å². The van der Waals surface area contributed by atoms with E-state index in [2.05, 4.69) is 69.4 Å². The first-order chi connectivity index (χ1) is 38.0. The predicted molar refractivity (Wildman–Crippen MR) is 335 cm³/mol. The topological polar surface area (TPSA) is 78.9 Å². The summed E-state index contributed by atoms with van der Waals surface area (Å²) in [6.07, 6.45) is 83.0. The van der Waals surface area contributed by atoms with E-state index in [1.54, 1.807) is 0 Å². The molecule has 0 N–H and O–H groups in total. The van der Waals surface area contributed by atoms with Crippen LogP contribution in [0.1, 0.15) is 367 Å². The number of carbonyl (C=O) groups excluding carboxylic acids is 3. The number of ether oxygens (including phenoxy) is 3. The average molecular weight is 1080 g/mol. The molecule has 0 aliphatic heterocycles. The highest BCUT2D eigenvalue weighted by atomic mass is 16.6. The van der Waals surface area contributed by atoms with Crippen LogP contribution in [0.25, 0.3) is 0 Å². The molecule has 0 saturated heterocycles. The van der Waals surface area contributed by atoms with E-state index in [1.165, 1.54) is 231 Å². The number of hydrogen-bond acceptors (Lipinski definition) is 6. The van der Waals surface area contributed by atoms with E-state index in [4.69, 9.17) is 14.2 Å². The van der Waals surface area contributed by atoms with Crippen molar-refractivity contribution in [3.63, 3.8) is 0 Å². The SMILES string of the molecule is CC/C=C\C/C=C\C/C=C\CCCCCC(=O)OCC(COC(=O)CCCCCCCCCCCCCCCCCCCCCCCCCCCCCCCC)OC(=O)CCCCCCC/C=C\CCCCCCCCC. The molecule has 6 nitrogen and oxygen atoms in total. The van der Waals surface area contributed by atoms with Gasteiger partial charge in [0.05, 0.1) is 0 Å². The van der Waals surface area contributed by atoms with Crippen LogP contribution in [0.2, 0.25) is 0 Å². The average Bonchev–Trinajstić information content (AvgIpc) is 3.43. The largest absolute Gasteiger partial charge is 0.462 e. The van der Waals surface area contributed by atoms with Gasteiger partial charge in [-0.3, -0.25) is 14.4 Å². The zero-order valence-electron chi connectivity index (χ0n) is 51.7. The molecule has 0 amide bonds. The number of rotatable bonds is 63. The monoisotopic (exact) mass is 1080 g/mol. The number of hydrogen-bond donors (Lipinski definition) is 0. The molecule has 0 saturated carbocycles. The van der Waals surface area contributed by atoms with E-state index in [-0.39, 0.29) is 31.1 Å². The minimum Gasteiger partial charge on any atom is -0.462 e. The Bertz CT molecular complexity index is 1330. The van der Waals surface area contributed by atoms with Gasteiger partial charge in [-0.05, 0) is 77.0 Å². The third-order valence-corrected chi connectivity index (χ3v) is 15.3. The van der Waals surface area contributed by atoms with Crippen molar-refractivity contribution in [2.75, 3.05) is 13.2 Å². The molecule has 1 atom stereocenters. The van der Waals surface area contributed by atoms with Crippen LogP contribution in [0.3, 0.4) is 0 Å². The third-order valence-electron chi connectivity index (χ3n) is 15.3.